The van der Waals surface area contributed by atoms with Gasteiger partial charge in [0.25, 0.3) is 0 Å². The molecular weight excluding hydrogens is 194 g/mol. The molecule has 1 heterocycles. The Morgan fingerprint density at radius 3 is 2.69 bits per heavy atom. The first-order valence-electron chi connectivity index (χ1n) is 6.50. The third-order valence-corrected chi connectivity index (χ3v) is 4.91. The number of rotatable bonds is 1. The molecule has 0 amide bonds. The molecule has 1 nitrogen and oxygen atoms in total. The fourth-order valence-electron chi connectivity index (χ4n) is 3.45. The van der Waals surface area contributed by atoms with Gasteiger partial charge in [-0.25, -0.2) is 0 Å². The highest BCUT2D eigenvalue weighted by Crippen LogP contribution is 2.61. The van der Waals surface area contributed by atoms with Crippen LogP contribution in [0.4, 0.5) is 0 Å². The smallest absolute Gasteiger partial charge is 0.0445 e. The molecule has 0 aliphatic heterocycles. The maximum Gasteiger partial charge on any atom is 0.0445 e. The Labute approximate surface area is 98.3 Å². The molecule has 1 heteroatoms. The van der Waals surface area contributed by atoms with Crippen molar-refractivity contribution in [2.75, 3.05) is 0 Å². The van der Waals surface area contributed by atoms with Gasteiger partial charge in [0, 0.05) is 11.4 Å². The number of pyridine rings is 1. The van der Waals surface area contributed by atoms with Crippen molar-refractivity contribution >= 4 is 0 Å². The minimum atomic E-state index is 0.522. The minimum Gasteiger partial charge on any atom is -0.257 e. The monoisotopic (exact) mass is 215 g/mol. The summed E-state index contributed by atoms with van der Waals surface area (Å²) in [6.45, 7) is 9.29. The molecule has 0 N–H and O–H groups in total. The van der Waals surface area contributed by atoms with Crippen LogP contribution in [-0.4, -0.2) is 4.98 Å². The van der Waals surface area contributed by atoms with Crippen molar-refractivity contribution in [2.45, 2.75) is 52.4 Å². The van der Waals surface area contributed by atoms with E-state index in [0.29, 0.717) is 11.3 Å². The molecule has 0 unspecified atom stereocenters. The SMILES string of the molecule is CC(C)c1ccc2c(n1)C[C@@H]1C[C@H]2C1(C)C. The van der Waals surface area contributed by atoms with E-state index >= 15 is 0 Å². The largest absolute Gasteiger partial charge is 0.257 e. The fourth-order valence-corrected chi connectivity index (χ4v) is 3.45. The van der Waals surface area contributed by atoms with Crippen LogP contribution in [0, 0.1) is 11.3 Å². The van der Waals surface area contributed by atoms with Gasteiger partial charge >= 0.3 is 0 Å². The summed E-state index contributed by atoms with van der Waals surface area (Å²) < 4.78 is 0. The molecule has 4 rings (SSSR count). The molecule has 3 aliphatic rings. The first-order valence-corrected chi connectivity index (χ1v) is 6.50. The first-order chi connectivity index (χ1) is 7.50. The molecule has 1 saturated carbocycles. The van der Waals surface area contributed by atoms with E-state index in [1.54, 1.807) is 0 Å². The predicted octanol–water partition coefficient (Wildman–Crippen LogP) is 3.89. The molecular formula is C15H21N. The second-order valence-corrected chi connectivity index (χ2v) is 6.44. The van der Waals surface area contributed by atoms with Crippen molar-refractivity contribution in [1.82, 2.24) is 4.98 Å². The van der Waals surface area contributed by atoms with Crippen LogP contribution < -0.4 is 0 Å². The van der Waals surface area contributed by atoms with Gasteiger partial charge in [-0.15, -0.1) is 0 Å². The average molecular weight is 215 g/mol. The van der Waals surface area contributed by atoms with Gasteiger partial charge in [0.2, 0.25) is 0 Å². The molecule has 3 aliphatic carbocycles. The summed E-state index contributed by atoms with van der Waals surface area (Å²) in [5.74, 6) is 2.20. The van der Waals surface area contributed by atoms with Gasteiger partial charge < -0.3 is 0 Å². The van der Waals surface area contributed by atoms with Crippen LogP contribution in [0.5, 0.6) is 0 Å². The lowest BCUT2D eigenvalue weighted by atomic mass is 9.48. The fraction of sp³-hybridized carbons (Fsp3) is 0.667. The third-order valence-electron chi connectivity index (χ3n) is 4.91. The predicted molar refractivity (Wildman–Crippen MR) is 66.7 cm³/mol. The van der Waals surface area contributed by atoms with Gasteiger partial charge in [0.05, 0.1) is 0 Å². The Hall–Kier alpha value is -0.850. The molecule has 16 heavy (non-hydrogen) atoms. The number of nitrogens with zero attached hydrogens (tertiary/aromatic N) is 1. The summed E-state index contributed by atoms with van der Waals surface area (Å²) in [5.41, 5.74) is 4.72. The Kier molecular flexibility index (Phi) is 1.99. The average Bonchev–Trinajstić information content (AvgIpc) is 2.27. The summed E-state index contributed by atoms with van der Waals surface area (Å²) in [6, 6.07) is 4.58. The van der Waals surface area contributed by atoms with Crippen LogP contribution in [0.15, 0.2) is 12.1 Å². The zero-order chi connectivity index (χ0) is 11.5. The van der Waals surface area contributed by atoms with Crippen LogP contribution in [-0.2, 0) is 6.42 Å². The van der Waals surface area contributed by atoms with Crippen LogP contribution in [0.25, 0.3) is 0 Å². The number of hydrogen-bond donors (Lipinski definition) is 0. The Bertz CT molecular complexity index is 431. The Morgan fingerprint density at radius 1 is 1.31 bits per heavy atom. The third kappa shape index (κ3) is 1.20. The summed E-state index contributed by atoms with van der Waals surface area (Å²) in [6.07, 6.45) is 2.60. The lowest BCUT2D eigenvalue weighted by Gasteiger charge is -2.56. The molecule has 2 bridgehead atoms. The summed E-state index contributed by atoms with van der Waals surface area (Å²) in [7, 11) is 0. The van der Waals surface area contributed by atoms with Gasteiger partial charge in [-0.05, 0) is 47.6 Å². The van der Waals surface area contributed by atoms with Gasteiger partial charge in [-0.2, -0.15) is 0 Å². The van der Waals surface area contributed by atoms with E-state index < -0.39 is 0 Å². The molecule has 1 fully saturated rings. The van der Waals surface area contributed by atoms with Crippen molar-refractivity contribution < 1.29 is 0 Å². The van der Waals surface area contributed by atoms with Crippen molar-refractivity contribution in [3.63, 3.8) is 0 Å². The lowest BCUT2D eigenvalue weighted by Crippen LogP contribution is -2.48. The zero-order valence-corrected chi connectivity index (χ0v) is 10.7. The molecule has 0 aromatic carbocycles. The Morgan fingerprint density at radius 2 is 2.06 bits per heavy atom. The highest BCUT2D eigenvalue weighted by molar-refractivity contribution is 5.37. The van der Waals surface area contributed by atoms with Crippen LogP contribution >= 0.6 is 0 Å². The maximum absolute atomic E-state index is 4.86. The summed E-state index contributed by atoms with van der Waals surface area (Å²) in [4.78, 5) is 4.86. The van der Waals surface area contributed by atoms with Crippen LogP contribution in [0.2, 0.25) is 0 Å². The lowest BCUT2D eigenvalue weighted by molar-refractivity contribution is 0.0168. The van der Waals surface area contributed by atoms with Gasteiger partial charge in [0.1, 0.15) is 0 Å². The van der Waals surface area contributed by atoms with Crippen LogP contribution in [0.1, 0.15) is 62.9 Å². The molecule has 0 radical (unpaired) electrons. The summed E-state index contributed by atoms with van der Waals surface area (Å²) >= 11 is 0. The minimum absolute atomic E-state index is 0.522. The van der Waals surface area contributed by atoms with Crippen molar-refractivity contribution in [2.24, 2.45) is 11.3 Å². The molecule has 2 atom stereocenters. The molecule has 0 saturated heterocycles. The molecule has 0 spiro atoms. The normalized spacial score (nSPS) is 29.8. The second kappa shape index (κ2) is 3.09. The van der Waals surface area contributed by atoms with Crippen LogP contribution in [0.3, 0.4) is 0 Å². The molecule has 1 aromatic heterocycles. The van der Waals surface area contributed by atoms with Crippen molar-refractivity contribution in [3.8, 4) is 0 Å². The van der Waals surface area contributed by atoms with E-state index in [2.05, 4.69) is 39.8 Å². The van der Waals surface area contributed by atoms with Gasteiger partial charge in [0.15, 0.2) is 0 Å². The number of hydrogen-bond acceptors (Lipinski definition) is 1. The molecule has 86 valence electrons. The van der Waals surface area contributed by atoms with E-state index in [4.69, 9.17) is 4.98 Å². The zero-order valence-electron chi connectivity index (χ0n) is 10.7. The van der Waals surface area contributed by atoms with Gasteiger partial charge in [-0.1, -0.05) is 33.8 Å². The van der Waals surface area contributed by atoms with E-state index in [-0.39, 0.29) is 0 Å². The van der Waals surface area contributed by atoms with E-state index in [1.165, 1.54) is 29.8 Å². The standard InChI is InChI=1S/C15H21N/c1-9(2)13-6-5-11-12-7-10(15(12,3)4)8-14(11)16-13/h5-6,9-10,12H,7-8H2,1-4H3/t10-,12+/m0/s1. The maximum atomic E-state index is 4.86. The quantitative estimate of drug-likeness (QED) is 0.692. The van der Waals surface area contributed by atoms with Crippen molar-refractivity contribution in [3.05, 3.63) is 29.1 Å². The topological polar surface area (TPSA) is 12.9 Å². The second-order valence-electron chi connectivity index (χ2n) is 6.44. The van der Waals surface area contributed by atoms with E-state index in [0.717, 1.165) is 11.8 Å². The van der Waals surface area contributed by atoms with Gasteiger partial charge in [-0.3, -0.25) is 4.98 Å². The first kappa shape index (κ1) is 10.3. The molecule has 1 aromatic rings. The highest BCUT2D eigenvalue weighted by atomic mass is 14.8. The van der Waals surface area contributed by atoms with Crippen molar-refractivity contribution in [1.29, 1.82) is 0 Å². The highest BCUT2D eigenvalue weighted by Gasteiger charge is 2.52. The van der Waals surface area contributed by atoms with E-state index in [9.17, 15) is 0 Å². The van der Waals surface area contributed by atoms with E-state index in [1.807, 2.05) is 0 Å². The number of aromatic nitrogens is 1. The summed E-state index contributed by atoms with van der Waals surface area (Å²) in [5, 5.41) is 0. The Balaban J connectivity index is 2.03.